The van der Waals surface area contributed by atoms with E-state index in [2.05, 4.69) is 20.5 Å². The zero-order valence-electron chi connectivity index (χ0n) is 22.3. The van der Waals surface area contributed by atoms with E-state index >= 15 is 0 Å². The number of hydrogen-bond donors (Lipinski definition) is 3. The number of aromatic amines is 1. The number of aliphatic hydroxyl groups excluding tert-OH is 1. The summed E-state index contributed by atoms with van der Waals surface area (Å²) in [4.78, 5) is 56.6. The molecule has 1 saturated heterocycles. The zero-order valence-corrected chi connectivity index (χ0v) is 22.3. The molecule has 2 aliphatic heterocycles. The highest BCUT2D eigenvalue weighted by Gasteiger charge is 2.39. The molecule has 2 bridgehead atoms. The molecule has 0 aliphatic carbocycles. The van der Waals surface area contributed by atoms with Crippen LogP contribution in [0, 0.1) is 11.8 Å². The largest absolute Gasteiger partial charge is 0.460 e. The molecule has 4 atom stereocenters. The summed E-state index contributed by atoms with van der Waals surface area (Å²) in [5.41, 5.74) is 0.733. The molecule has 3 N–H and O–H groups in total. The van der Waals surface area contributed by atoms with Crippen LogP contribution in [0.5, 0.6) is 0 Å². The number of ether oxygens (including phenoxy) is 1. The summed E-state index contributed by atoms with van der Waals surface area (Å²) in [6.45, 7) is 8.15. The molecule has 206 valence electrons. The molecule has 1 aromatic heterocycles. The molecular weight excluding hydrogens is 490 g/mol. The number of aromatic nitrogens is 3. The number of nitrogens with zero attached hydrogens (tertiary/aromatic N) is 3. The lowest BCUT2D eigenvalue weighted by Gasteiger charge is -2.29. The molecule has 38 heavy (non-hydrogen) atoms. The molecule has 11 nitrogen and oxygen atoms in total. The number of hydrogen-bond acceptors (Lipinski definition) is 8. The number of aliphatic hydroxyl groups is 1. The summed E-state index contributed by atoms with van der Waals surface area (Å²) in [5.74, 6) is -1.79. The molecule has 1 fully saturated rings. The highest BCUT2D eigenvalue weighted by molar-refractivity contribution is 5.94. The van der Waals surface area contributed by atoms with Gasteiger partial charge in [-0.15, -0.1) is 5.10 Å². The summed E-state index contributed by atoms with van der Waals surface area (Å²) in [5, 5.41) is 19.6. The van der Waals surface area contributed by atoms with Crippen LogP contribution in [0.1, 0.15) is 63.4 Å². The minimum atomic E-state index is -0.998. The number of ketones is 1. The van der Waals surface area contributed by atoms with E-state index in [1.165, 1.54) is 11.0 Å². The van der Waals surface area contributed by atoms with Crippen molar-refractivity contribution in [3.63, 3.8) is 0 Å². The number of H-pyrrole nitrogens is 1. The topological polar surface area (TPSA) is 155 Å². The Balaban J connectivity index is 1.85. The maximum atomic E-state index is 13.2. The predicted octanol–water partition coefficient (Wildman–Crippen LogP) is 1.66. The van der Waals surface area contributed by atoms with Gasteiger partial charge in [0.05, 0.1) is 12.5 Å². The fraction of sp³-hybridized carbons (Fsp3) is 0.556. The highest BCUT2D eigenvalue weighted by Crippen LogP contribution is 2.24. The first-order valence-corrected chi connectivity index (χ1v) is 13.0. The molecule has 2 aliphatic rings. The second kappa shape index (κ2) is 13.3. The van der Waals surface area contributed by atoms with E-state index in [-0.39, 0.29) is 54.6 Å². The van der Waals surface area contributed by atoms with Crippen molar-refractivity contribution in [3.05, 3.63) is 47.6 Å². The SMILES string of the molecule is CC1=C[C@@H](O)CC(=O)Cc2nc(n[nH]2)C(=O)N2CCC[C@@H]2C(=O)O[C@H](C(C)C)[C@H](C)/C=C/C(=O)NCC=C1. The molecule has 0 aromatic carbocycles. The molecule has 0 spiro atoms. The first-order chi connectivity index (χ1) is 18.0. The molecule has 0 saturated carbocycles. The smallest absolute Gasteiger partial charge is 0.329 e. The van der Waals surface area contributed by atoms with E-state index in [9.17, 15) is 24.3 Å². The van der Waals surface area contributed by atoms with E-state index in [4.69, 9.17) is 4.74 Å². The molecule has 0 radical (unpaired) electrons. The van der Waals surface area contributed by atoms with Gasteiger partial charge >= 0.3 is 5.97 Å². The number of nitrogens with one attached hydrogen (secondary N) is 2. The van der Waals surface area contributed by atoms with E-state index in [0.717, 1.165) is 5.57 Å². The second-order valence-electron chi connectivity index (χ2n) is 10.2. The van der Waals surface area contributed by atoms with Gasteiger partial charge in [0, 0.05) is 25.4 Å². The predicted molar refractivity (Wildman–Crippen MR) is 139 cm³/mol. The highest BCUT2D eigenvalue weighted by atomic mass is 16.5. The van der Waals surface area contributed by atoms with Crippen molar-refractivity contribution in [1.29, 1.82) is 0 Å². The van der Waals surface area contributed by atoms with Crippen LogP contribution in [0.2, 0.25) is 0 Å². The Morgan fingerprint density at radius 2 is 1.95 bits per heavy atom. The summed E-state index contributed by atoms with van der Waals surface area (Å²) >= 11 is 0. The van der Waals surface area contributed by atoms with Crippen LogP contribution in [0.3, 0.4) is 0 Å². The summed E-state index contributed by atoms with van der Waals surface area (Å²) in [6, 6.07) is -0.773. The van der Waals surface area contributed by atoms with E-state index < -0.39 is 30.1 Å². The van der Waals surface area contributed by atoms with Gasteiger partial charge in [-0.2, -0.15) is 0 Å². The van der Waals surface area contributed by atoms with Crippen LogP contribution < -0.4 is 5.32 Å². The average Bonchev–Trinajstić information content (AvgIpc) is 3.52. The maximum Gasteiger partial charge on any atom is 0.329 e. The lowest BCUT2D eigenvalue weighted by atomic mass is 9.94. The standard InChI is InChI=1S/C27H37N5O6/c1-16(2)24-18(4)9-10-23(35)28-11-5-7-17(3)13-19(33)14-20(34)15-22-29-25(31-30-22)26(36)32-12-6-8-21(32)27(37)38-24/h5,7,9-10,13,16,18-19,21,24,33H,6,8,11-12,14-15H2,1-4H3,(H,28,35)(H,29,30,31)/b7-5?,10-9+,17-13?/t18-,19-,21-,24-/m1/s1. The van der Waals surface area contributed by atoms with Crippen LogP contribution in [0.25, 0.3) is 0 Å². The van der Waals surface area contributed by atoms with Crippen LogP contribution in [0.15, 0.2) is 36.0 Å². The first kappa shape index (κ1) is 29.0. The third-order valence-electron chi connectivity index (χ3n) is 6.52. The molecule has 11 heteroatoms. The lowest BCUT2D eigenvalue weighted by Crippen LogP contribution is -2.44. The molecule has 3 heterocycles. The fourth-order valence-electron chi connectivity index (χ4n) is 4.64. The fourth-order valence-corrected chi connectivity index (χ4v) is 4.64. The van der Waals surface area contributed by atoms with Gasteiger partial charge in [-0.1, -0.05) is 50.6 Å². The Morgan fingerprint density at radius 3 is 2.68 bits per heavy atom. The normalized spacial score (nSPS) is 27.5. The lowest BCUT2D eigenvalue weighted by molar-refractivity contribution is -0.158. The van der Waals surface area contributed by atoms with E-state index in [1.807, 2.05) is 20.8 Å². The third-order valence-corrected chi connectivity index (χ3v) is 6.52. The van der Waals surface area contributed by atoms with Crippen molar-refractivity contribution >= 4 is 23.6 Å². The summed E-state index contributed by atoms with van der Waals surface area (Å²) in [7, 11) is 0. The second-order valence-corrected chi connectivity index (χ2v) is 10.2. The van der Waals surface area contributed by atoms with Gasteiger partial charge in [-0.05, 0) is 31.8 Å². The summed E-state index contributed by atoms with van der Waals surface area (Å²) < 4.78 is 5.87. The van der Waals surface area contributed by atoms with Gasteiger partial charge in [-0.25, -0.2) is 9.78 Å². The number of amides is 2. The number of rotatable bonds is 1. The van der Waals surface area contributed by atoms with E-state index in [0.29, 0.717) is 19.4 Å². The van der Waals surface area contributed by atoms with Gasteiger partial charge in [0.1, 0.15) is 23.8 Å². The quantitative estimate of drug-likeness (QED) is 0.466. The maximum absolute atomic E-state index is 13.2. The summed E-state index contributed by atoms with van der Waals surface area (Å²) in [6.07, 6.45) is 7.49. The van der Waals surface area contributed by atoms with E-state index in [1.54, 1.807) is 31.2 Å². The zero-order chi connectivity index (χ0) is 27.8. The molecular formula is C27H37N5O6. The van der Waals surface area contributed by atoms with Gasteiger partial charge in [0.25, 0.3) is 5.91 Å². The third kappa shape index (κ3) is 7.95. The van der Waals surface area contributed by atoms with Gasteiger partial charge in [0.15, 0.2) is 0 Å². The van der Waals surface area contributed by atoms with Crippen molar-refractivity contribution in [2.75, 3.05) is 13.1 Å². The van der Waals surface area contributed by atoms with Crippen LogP contribution >= 0.6 is 0 Å². The first-order valence-electron chi connectivity index (χ1n) is 13.0. The number of Topliss-reactive ketones (excluding diaryl/α,β-unsaturated/α-hetero) is 1. The minimum absolute atomic E-state index is 0.0251. The molecule has 1 aromatic rings. The average molecular weight is 528 g/mol. The number of carbonyl (C=O) groups excluding carboxylic acids is 4. The van der Waals surface area contributed by atoms with Crippen LogP contribution in [-0.4, -0.2) is 80.1 Å². The minimum Gasteiger partial charge on any atom is -0.460 e. The Morgan fingerprint density at radius 1 is 1.18 bits per heavy atom. The monoisotopic (exact) mass is 527 g/mol. The molecule has 0 unspecified atom stereocenters. The Labute approximate surface area is 222 Å². The number of allylic oxidation sites excluding steroid dienone is 2. The Hall–Kier alpha value is -3.60. The van der Waals surface area contributed by atoms with Crippen molar-refractivity contribution in [2.24, 2.45) is 11.8 Å². The van der Waals surface area contributed by atoms with Crippen molar-refractivity contribution in [1.82, 2.24) is 25.4 Å². The number of cyclic esters (lactones) is 1. The van der Waals surface area contributed by atoms with Gasteiger partial charge in [-0.3, -0.25) is 19.5 Å². The van der Waals surface area contributed by atoms with Crippen molar-refractivity contribution < 1.29 is 29.0 Å². The number of esters is 1. The van der Waals surface area contributed by atoms with Crippen molar-refractivity contribution in [2.45, 2.75) is 71.6 Å². The Kier molecular flexibility index (Phi) is 10.1. The molecule has 2 amide bonds. The van der Waals surface area contributed by atoms with Crippen molar-refractivity contribution in [3.8, 4) is 0 Å². The number of carbonyl (C=O) groups is 4. The number of fused-ring (bicyclic) bond motifs is 3. The molecule has 3 rings (SSSR count). The Bertz CT molecular complexity index is 1120. The van der Waals surface area contributed by atoms with Gasteiger partial charge in [0.2, 0.25) is 11.7 Å². The van der Waals surface area contributed by atoms with Gasteiger partial charge < -0.3 is 20.1 Å². The van der Waals surface area contributed by atoms with Crippen LogP contribution in [-0.2, 0) is 25.5 Å². The van der Waals surface area contributed by atoms with Crippen LogP contribution in [0.4, 0.5) is 0 Å².